The van der Waals surface area contributed by atoms with Gasteiger partial charge in [0.05, 0.1) is 4.90 Å². The van der Waals surface area contributed by atoms with E-state index in [2.05, 4.69) is 5.32 Å². The minimum absolute atomic E-state index is 0.118. The fraction of sp³-hybridized carbons (Fsp3) is 0.538. The molecule has 0 aromatic heterocycles. The summed E-state index contributed by atoms with van der Waals surface area (Å²) in [4.78, 5) is 0.208. The molecule has 0 bridgehead atoms. The van der Waals surface area contributed by atoms with Gasteiger partial charge >= 0.3 is 0 Å². The molecule has 5 nitrogen and oxygen atoms in total. The highest BCUT2D eigenvalue weighted by molar-refractivity contribution is 7.90. The molecule has 1 aromatic carbocycles. The van der Waals surface area contributed by atoms with Crippen molar-refractivity contribution >= 4 is 9.84 Å². The van der Waals surface area contributed by atoms with Crippen molar-refractivity contribution in [2.24, 2.45) is 0 Å². The molecular weight excluding hydrogens is 266 g/mol. The normalized spacial score (nSPS) is 13.5. The van der Waals surface area contributed by atoms with Crippen molar-refractivity contribution in [2.45, 2.75) is 30.9 Å². The molecule has 0 aliphatic heterocycles. The molecule has 0 aliphatic rings. The predicted molar refractivity (Wildman–Crippen MR) is 74.2 cm³/mol. The number of hydrogen-bond donors (Lipinski definition) is 2. The Hall–Kier alpha value is -1.11. The molecule has 0 spiro atoms. The van der Waals surface area contributed by atoms with Gasteiger partial charge in [0.2, 0.25) is 0 Å². The van der Waals surface area contributed by atoms with E-state index in [0.29, 0.717) is 18.3 Å². The van der Waals surface area contributed by atoms with Gasteiger partial charge in [-0.1, -0.05) is 19.9 Å². The summed E-state index contributed by atoms with van der Waals surface area (Å²) in [7, 11) is -3.24. The first-order valence-electron chi connectivity index (χ1n) is 6.13. The summed E-state index contributed by atoms with van der Waals surface area (Å²) in [6, 6.07) is 6.54. The van der Waals surface area contributed by atoms with Crippen molar-refractivity contribution in [1.29, 1.82) is 0 Å². The van der Waals surface area contributed by atoms with Crippen molar-refractivity contribution in [2.75, 3.05) is 19.4 Å². The van der Waals surface area contributed by atoms with Crippen molar-refractivity contribution in [3.05, 3.63) is 24.3 Å². The van der Waals surface area contributed by atoms with Crippen molar-refractivity contribution < 1.29 is 18.3 Å². The van der Waals surface area contributed by atoms with Crippen LogP contribution in [0.4, 0.5) is 0 Å². The quantitative estimate of drug-likeness (QED) is 0.777. The lowest BCUT2D eigenvalue weighted by Crippen LogP contribution is -2.35. The average Bonchev–Trinajstić information content (AvgIpc) is 2.33. The van der Waals surface area contributed by atoms with Crippen LogP contribution in [0.2, 0.25) is 0 Å². The Morgan fingerprint density at radius 2 is 2.05 bits per heavy atom. The average molecular weight is 287 g/mol. The minimum Gasteiger partial charge on any atom is -0.491 e. The van der Waals surface area contributed by atoms with Crippen LogP contribution in [0.5, 0.6) is 5.75 Å². The number of hydrogen-bond acceptors (Lipinski definition) is 5. The summed E-state index contributed by atoms with van der Waals surface area (Å²) in [6.45, 7) is 4.53. The maximum absolute atomic E-state index is 11.4. The topological polar surface area (TPSA) is 75.6 Å². The molecule has 1 rings (SSSR count). The molecule has 0 saturated heterocycles. The van der Waals surface area contributed by atoms with E-state index < -0.39 is 15.9 Å². The highest BCUT2D eigenvalue weighted by Gasteiger charge is 2.09. The van der Waals surface area contributed by atoms with Crippen molar-refractivity contribution in [1.82, 2.24) is 5.32 Å². The van der Waals surface area contributed by atoms with Gasteiger partial charge in [0, 0.05) is 18.8 Å². The number of sulfone groups is 1. The van der Waals surface area contributed by atoms with Crippen LogP contribution in [0.25, 0.3) is 0 Å². The van der Waals surface area contributed by atoms with Crippen molar-refractivity contribution in [3.63, 3.8) is 0 Å². The van der Waals surface area contributed by atoms with Crippen LogP contribution in [-0.4, -0.2) is 45.1 Å². The summed E-state index contributed by atoms with van der Waals surface area (Å²) in [5.74, 6) is 0.437. The van der Waals surface area contributed by atoms with Gasteiger partial charge in [0.1, 0.15) is 18.5 Å². The van der Waals surface area contributed by atoms with Crippen LogP contribution >= 0.6 is 0 Å². The van der Waals surface area contributed by atoms with E-state index in [9.17, 15) is 13.5 Å². The molecule has 0 heterocycles. The molecule has 0 amide bonds. The van der Waals surface area contributed by atoms with Gasteiger partial charge in [0.25, 0.3) is 0 Å². The van der Waals surface area contributed by atoms with Gasteiger partial charge in [-0.25, -0.2) is 8.42 Å². The second-order valence-electron chi connectivity index (χ2n) is 4.77. The Morgan fingerprint density at radius 1 is 1.37 bits per heavy atom. The molecule has 108 valence electrons. The smallest absolute Gasteiger partial charge is 0.175 e. The molecule has 1 aromatic rings. The molecule has 0 saturated carbocycles. The van der Waals surface area contributed by atoms with E-state index >= 15 is 0 Å². The molecule has 0 fully saturated rings. The van der Waals surface area contributed by atoms with Crippen molar-refractivity contribution in [3.8, 4) is 5.75 Å². The fourth-order valence-electron chi connectivity index (χ4n) is 1.42. The van der Waals surface area contributed by atoms with E-state index in [-0.39, 0.29) is 11.5 Å². The predicted octanol–water partition coefficient (Wildman–Crippen LogP) is 0.828. The lowest BCUT2D eigenvalue weighted by Gasteiger charge is -2.15. The SMILES string of the molecule is CC(C)NCC(O)COc1cccc(S(C)(=O)=O)c1. The lowest BCUT2D eigenvalue weighted by molar-refractivity contribution is 0.104. The number of aliphatic hydroxyl groups is 1. The number of benzene rings is 1. The number of aliphatic hydroxyl groups excluding tert-OH is 1. The third-order valence-electron chi connectivity index (χ3n) is 2.44. The second kappa shape index (κ2) is 6.88. The fourth-order valence-corrected chi connectivity index (χ4v) is 2.07. The number of rotatable bonds is 7. The van der Waals surface area contributed by atoms with Crippen LogP contribution < -0.4 is 10.1 Å². The van der Waals surface area contributed by atoms with E-state index in [4.69, 9.17) is 4.74 Å². The zero-order chi connectivity index (χ0) is 14.5. The molecule has 1 unspecified atom stereocenters. The van der Waals surface area contributed by atoms with Crippen LogP contribution in [0, 0.1) is 0 Å². The van der Waals surface area contributed by atoms with Crippen LogP contribution in [0.15, 0.2) is 29.2 Å². The van der Waals surface area contributed by atoms with Crippen LogP contribution in [0.3, 0.4) is 0 Å². The summed E-state index contributed by atoms with van der Waals surface area (Å²) in [6.07, 6.45) is 0.511. The van der Waals surface area contributed by atoms with Gasteiger partial charge < -0.3 is 15.2 Å². The van der Waals surface area contributed by atoms with Gasteiger partial charge in [-0.3, -0.25) is 0 Å². The summed E-state index contributed by atoms with van der Waals surface area (Å²) in [5, 5.41) is 12.8. The maximum Gasteiger partial charge on any atom is 0.175 e. The van der Waals surface area contributed by atoms with E-state index in [1.54, 1.807) is 12.1 Å². The van der Waals surface area contributed by atoms with Crippen LogP contribution in [-0.2, 0) is 9.84 Å². The van der Waals surface area contributed by atoms with Gasteiger partial charge in [0.15, 0.2) is 9.84 Å². The Labute approximate surface area is 114 Å². The molecule has 0 aliphatic carbocycles. The first-order valence-corrected chi connectivity index (χ1v) is 8.02. The van der Waals surface area contributed by atoms with Gasteiger partial charge in [-0.05, 0) is 18.2 Å². The standard InChI is InChI=1S/C13H21NO4S/c1-10(2)14-8-11(15)9-18-12-5-4-6-13(7-12)19(3,16)17/h4-7,10-11,14-15H,8-9H2,1-3H3. The summed E-state index contributed by atoms with van der Waals surface area (Å²) in [5.41, 5.74) is 0. The first kappa shape index (κ1) is 15.9. The zero-order valence-electron chi connectivity index (χ0n) is 11.5. The Kier molecular flexibility index (Phi) is 5.78. The molecule has 19 heavy (non-hydrogen) atoms. The Morgan fingerprint density at radius 3 is 2.63 bits per heavy atom. The minimum atomic E-state index is -3.24. The zero-order valence-corrected chi connectivity index (χ0v) is 12.3. The Bertz CT molecular complexity index is 499. The lowest BCUT2D eigenvalue weighted by atomic mass is 10.3. The van der Waals surface area contributed by atoms with E-state index in [1.165, 1.54) is 12.1 Å². The number of nitrogens with one attached hydrogen (secondary N) is 1. The largest absolute Gasteiger partial charge is 0.491 e. The summed E-state index contributed by atoms with van der Waals surface area (Å²) < 4.78 is 28.2. The highest BCUT2D eigenvalue weighted by atomic mass is 32.2. The summed E-state index contributed by atoms with van der Waals surface area (Å²) >= 11 is 0. The van der Waals surface area contributed by atoms with E-state index in [0.717, 1.165) is 6.26 Å². The number of ether oxygens (including phenoxy) is 1. The van der Waals surface area contributed by atoms with Gasteiger partial charge in [-0.15, -0.1) is 0 Å². The third kappa shape index (κ3) is 6.04. The monoisotopic (exact) mass is 287 g/mol. The van der Waals surface area contributed by atoms with Gasteiger partial charge in [-0.2, -0.15) is 0 Å². The molecule has 1 atom stereocenters. The highest BCUT2D eigenvalue weighted by Crippen LogP contribution is 2.17. The first-order chi connectivity index (χ1) is 8.79. The van der Waals surface area contributed by atoms with Crippen LogP contribution in [0.1, 0.15) is 13.8 Å². The molecule has 2 N–H and O–H groups in total. The molecular formula is C13H21NO4S. The third-order valence-corrected chi connectivity index (χ3v) is 3.55. The molecule has 6 heteroatoms. The van der Waals surface area contributed by atoms with E-state index in [1.807, 2.05) is 13.8 Å². The second-order valence-corrected chi connectivity index (χ2v) is 6.79. The maximum atomic E-state index is 11.4. The Balaban J connectivity index is 2.54. The molecule has 0 radical (unpaired) electrons.